The molecule has 1 aromatic heterocycles. The first-order chi connectivity index (χ1) is 15.0. The lowest BCUT2D eigenvalue weighted by Crippen LogP contribution is -2.46. The number of nitrogens with zero attached hydrogens (tertiary/aromatic N) is 3. The molecule has 0 unspecified atom stereocenters. The topological polar surface area (TPSA) is 85.8 Å². The summed E-state index contributed by atoms with van der Waals surface area (Å²) in [4.78, 5) is 33.1. The Labute approximate surface area is 184 Å². The number of halogens is 1. The van der Waals surface area contributed by atoms with Gasteiger partial charge < -0.3 is 20.2 Å². The highest BCUT2D eigenvalue weighted by atomic mass is 35.5. The van der Waals surface area contributed by atoms with Crippen LogP contribution in [0.2, 0.25) is 5.02 Å². The molecule has 3 aromatic rings. The van der Waals surface area contributed by atoms with E-state index < -0.39 is 11.9 Å². The molecule has 0 atom stereocenters. The van der Waals surface area contributed by atoms with Gasteiger partial charge in [-0.25, -0.2) is 9.78 Å². The van der Waals surface area contributed by atoms with E-state index in [0.29, 0.717) is 10.6 Å². The molecular formula is C23H21ClN4O3. The largest absolute Gasteiger partial charge is 0.478 e. The van der Waals surface area contributed by atoms with Crippen molar-refractivity contribution in [2.24, 2.45) is 0 Å². The third-order valence-corrected chi connectivity index (χ3v) is 5.46. The van der Waals surface area contributed by atoms with Gasteiger partial charge in [0.1, 0.15) is 5.82 Å². The summed E-state index contributed by atoms with van der Waals surface area (Å²) in [6.07, 6.45) is 1.78. The molecule has 1 aliphatic heterocycles. The standard InChI is InChI=1S/C23H21ClN4O3/c24-17-6-4-16(5-7-17)22(29)26-20-9-8-18(15-19(20)23(30)31)27-11-13-28(14-12-27)21-3-1-2-10-25-21/h1-10,15H,11-14H2,(H,26,29)(H,30,31). The zero-order valence-corrected chi connectivity index (χ0v) is 17.4. The molecule has 0 bridgehead atoms. The maximum Gasteiger partial charge on any atom is 0.337 e. The summed E-state index contributed by atoms with van der Waals surface area (Å²) in [5.74, 6) is -0.551. The number of carboxylic acids is 1. The van der Waals surface area contributed by atoms with Crippen molar-refractivity contribution in [1.29, 1.82) is 0 Å². The van der Waals surface area contributed by atoms with E-state index >= 15 is 0 Å². The summed E-state index contributed by atoms with van der Waals surface area (Å²) in [6.45, 7) is 3.06. The van der Waals surface area contributed by atoms with E-state index in [1.54, 1.807) is 42.6 Å². The van der Waals surface area contributed by atoms with Gasteiger partial charge in [-0.05, 0) is 54.6 Å². The summed E-state index contributed by atoms with van der Waals surface area (Å²) < 4.78 is 0. The number of hydrogen-bond donors (Lipinski definition) is 2. The highest BCUT2D eigenvalue weighted by molar-refractivity contribution is 6.30. The number of anilines is 3. The maximum atomic E-state index is 12.5. The second-order valence-corrected chi connectivity index (χ2v) is 7.59. The quantitative estimate of drug-likeness (QED) is 0.628. The van der Waals surface area contributed by atoms with Gasteiger partial charge in [-0.3, -0.25) is 4.79 Å². The maximum absolute atomic E-state index is 12.5. The number of hydrogen-bond acceptors (Lipinski definition) is 5. The number of nitrogens with one attached hydrogen (secondary N) is 1. The number of carboxylic acid groups (broad SMARTS) is 1. The van der Waals surface area contributed by atoms with Crippen molar-refractivity contribution in [3.8, 4) is 0 Å². The summed E-state index contributed by atoms with van der Waals surface area (Å²) in [7, 11) is 0. The molecular weight excluding hydrogens is 416 g/mol. The summed E-state index contributed by atoms with van der Waals surface area (Å²) in [6, 6.07) is 17.3. The van der Waals surface area contributed by atoms with Crippen LogP contribution in [0, 0.1) is 0 Å². The van der Waals surface area contributed by atoms with Crippen LogP contribution in [0.1, 0.15) is 20.7 Å². The Balaban J connectivity index is 1.48. The van der Waals surface area contributed by atoms with Gasteiger partial charge in [0, 0.05) is 48.6 Å². The number of piperazine rings is 1. The van der Waals surface area contributed by atoms with Gasteiger partial charge >= 0.3 is 5.97 Å². The molecule has 158 valence electrons. The minimum Gasteiger partial charge on any atom is -0.478 e. The molecule has 1 fully saturated rings. The Kier molecular flexibility index (Phi) is 6.04. The van der Waals surface area contributed by atoms with E-state index in [0.717, 1.165) is 37.7 Å². The van der Waals surface area contributed by atoms with Crippen molar-refractivity contribution in [2.45, 2.75) is 0 Å². The number of amides is 1. The van der Waals surface area contributed by atoms with Crippen molar-refractivity contribution in [3.05, 3.63) is 83.0 Å². The molecule has 0 radical (unpaired) electrons. The van der Waals surface area contributed by atoms with Crippen molar-refractivity contribution >= 4 is 40.7 Å². The molecule has 2 N–H and O–H groups in total. The Hall–Kier alpha value is -3.58. The zero-order chi connectivity index (χ0) is 21.8. The van der Waals surface area contributed by atoms with Gasteiger partial charge in [-0.1, -0.05) is 17.7 Å². The first-order valence-corrected chi connectivity index (χ1v) is 10.2. The molecule has 31 heavy (non-hydrogen) atoms. The minimum absolute atomic E-state index is 0.0481. The van der Waals surface area contributed by atoms with Gasteiger partial charge in [-0.15, -0.1) is 0 Å². The molecule has 4 rings (SSSR count). The van der Waals surface area contributed by atoms with Crippen molar-refractivity contribution in [1.82, 2.24) is 4.98 Å². The lowest BCUT2D eigenvalue weighted by molar-refractivity contribution is 0.0698. The van der Waals surface area contributed by atoms with Crippen molar-refractivity contribution in [2.75, 3.05) is 41.3 Å². The highest BCUT2D eigenvalue weighted by Crippen LogP contribution is 2.26. The van der Waals surface area contributed by atoms with E-state index in [-0.39, 0.29) is 11.3 Å². The Morgan fingerprint density at radius 1 is 0.935 bits per heavy atom. The van der Waals surface area contributed by atoms with Crippen LogP contribution in [0.3, 0.4) is 0 Å². The Morgan fingerprint density at radius 2 is 1.65 bits per heavy atom. The molecule has 1 amide bonds. The SMILES string of the molecule is O=C(Nc1ccc(N2CCN(c3ccccn3)CC2)cc1C(=O)O)c1ccc(Cl)cc1. The average Bonchev–Trinajstić information content (AvgIpc) is 2.80. The van der Waals surface area contributed by atoms with Crippen LogP contribution in [-0.2, 0) is 0 Å². The van der Waals surface area contributed by atoms with Crippen molar-refractivity contribution in [3.63, 3.8) is 0 Å². The second-order valence-electron chi connectivity index (χ2n) is 7.16. The van der Waals surface area contributed by atoms with Gasteiger partial charge in [0.25, 0.3) is 5.91 Å². The second kappa shape index (κ2) is 9.06. The number of benzene rings is 2. The average molecular weight is 437 g/mol. The molecule has 0 saturated carbocycles. The first kappa shape index (κ1) is 20.7. The fraction of sp³-hybridized carbons (Fsp3) is 0.174. The number of aromatic carboxylic acids is 1. The fourth-order valence-corrected chi connectivity index (χ4v) is 3.67. The highest BCUT2D eigenvalue weighted by Gasteiger charge is 2.21. The Morgan fingerprint density at radius 3 is 2.29 bits per heavy atom. The molecule has 0 spiro atoms. The number of aromatic nitrogens is 1. The van der Waals surface area contributed by atoms with E-state index in [2.05, 4.69) is 20.1 Å². The van der Waals surface area contributed by atoms with Crippen molar-refractivity contribution < 1.29 is 14.7 Å². The first-order valence-electron chi connectivity index (χ1n) is 9.86. The minimum atomic E-state index is -1.10. The van der Waals surface area contributed by atoms with E-state index in [4.69, 9.17) is 11.6 Å². The van der Waals surface area contributed by atoms with Crippen LogP contribution in [0.4, 0.5) is 17.2 Å². The molecule has 0 aliphatic carbocycles. The number of carbonyl (C=O) groups excluding carboxylic acids is 1. The van der Waals surface area contributed by atoms with E-state index in [1.807, 2.05) is 24.3 Å². The predicted octanol–water partition coefficient (Wildman–Crippen LogP) is 4.01. The molecule has 1 aliphatic rings. The summed E-state index contributed by atoms with van der Waals surface area (Å²) >= 11 is 5.86. The fourth-order valence-electron chi connectivity index (χ4n) is 3.55. The van der Waals surface area contributed by atoms with Gasteiger partial charge in [-0.2, -0.15) is 0 Å². The van der Waals surface area contributed by atoms with Gasteiger partial charge in [0.15, 0.2) is 0 Å². The number of rotatable bonds is 5. The Bertz CT molecular complexity index is 1080. The number of pyridine rings is 1. The van der Waals surface area contributed by atoms with Crippen LogP contribution in [0.15, 0.2) is 66.9 Å². The predicted molar refractivity (Wildman–Crippen MR) is 121 cm³/mol. The lowest BCUT2D eigenvalue weighted by atomic mass is 10.1. The molecule has 8 heteroatoms. The monoisotopic (exact) mass is 436 g/mol. The van der Waals surface area contributed by atoms with Crippen LogP contribution in [-0.4, -0.2) is 48.1 Å². The summed E-state index contributed by atoms with van der Waals surface area (Å²) in [5, 5.41) is 12.9. The van der Waals surface area contributed by atoms with Crippen LogP contribution in [0.25, 0.3) is 0 Å². The van der Waals surface area contributed by atoms with Crippen LogP contribution >= 0.6 is 11.6 Å². The smallest absolute Gasteiger partial charge is 0.337 e. The third kappa shape index (κ3) is 4.78. The zero-order valence-electron chi connectivity index (χ0n) is 16.7. The van der Waals surface area contributed by atoms with Crippen LogP contribution in [0.5, 0.6) is 0 Å². The molecule has 1 saturated heterocycles. The normalized spacial score (nSPS) is 13.7. The lowest BCUT2D eigenvalue weighted by Gasteiger charge is -2.36. The summed E-state index contributed by atoms with van der Waals surface area (Å²) in [5.41, 5.74) is 1.51. The van der Waals surface area contributed by atoms with Gasteiger partial charge in [0.2, 0.25) is 0 Å². The molecule has 7 nitrogen and oxygen atoms in total. The van der Waals surface area contributed by atoms with Crippen LogP contribution < -0.4 is 15.1 Å². The molecule has 2 aromatic carbocycles. The van der Waals surface area contributed by atoms with E-state index in [1.165, 1.54) is 0 Å². The molecule has 2 heterocycles. The number of carbonyl (C=O) groups is 2. The van der Waals surface area contributed by atoms with E-state index in [9.17, 15) is 14.7 Å². The third-order valence-electron chi connectivity index (χ3n) is 5.21. The van der Waals surface area contributed by atoms with Gasteiger partial charge in [0.05, 0.1) is 11.3 Å².